The third kappa shape index (κ3) is 3.96. The molecule has 0 aliphatic heterocycles. The molecule has 1 rings (SSSR count). The Morgan fingerprint density at radius 2 is 2.06 bits per heavy atom. The van der Waals surface area contributed by atoms with Gasteiger partial charge in [-0.1, -0.05) is 5.57 Å². The minimum Gasteiger partial charge on any atom is -0.489 e. The van der Waals surface area contributed by atoms with Gasteiger partial charge in [0.15, 0.2) is 11.6 Å². The van der Waals surface area contributed by atoms with Crippen molar-refractivity contribution in [2.24, 2.45) is 0 Å². The average molecular weight is 297 g/mol. The van der Waals surface area contributed by atoms with Crippen LogP contribution < -0.4 is 4.74 Å². The second-order valence-corrected chi connectivity index (χ2v) is 6.24. The zero-order valence-corrected chi connectivity index (χ0v) is 11.1. The van der Waals surface area contributed by atoms with E-state index in [2.05, 4.69) is 6.58 Å². The average Bonchev–Trinajstić information content (AvgIpc) is 2.18. The molecule has 0 aliphatic carbocycles. The van der Waals surface area contributed by atoms with Crippen LogP contribution >= 0.6 is 10.7 Å². The summed E-state index contributed by atoms with van der Waals surface area (Å²) in [7, 11) is 0.806. The Bertz CT molecular complexity index is 570. The third-order valence-electron chi connectivity index (χ3n) is 2.01. The Hall–Kier alpha value is -1.14. The zero-order valence-electron chi connectivity index (χ0n) is 9.54. The second-order valence-electron chi connectivity index (χ2n) is 3.71. The summed E-state index contributed by atoms with van der Waals surface area (Å²) in [4.78, 5) is -0.719. The molecule has 3 nitrogen and oxygen atoms in total. The van der Waals surface area contributed by atoms with Gasteiger partial charge in [0.25, 0.3) is 9.05 Å². The van der Waals surface area contributed by atoms with Gasteiger partial charge in [-0.05, 0) is 13.0 Å². The Kier molecular flexibility index (Phi) is 4.70. The number of hydrogen-bond donors (Lipinski definition) is 0. The number of rotatable bonds is 5. The van der Waals surface area contributed by atoms with Crippen molar-refractivity contribution in [1.29, 1.82) is 0 Å². The maximum absolute atomic E-state index is 13.5. The van der Waals surface area contributed by atoms with Gasteiger partial charge in [0.1, 0.15) is 10.7 Å². The first-order chi connectivity index (χ1) is 8.21. The van der Waals surface area contributed by atoms with Gasteiger partial charge in [0, 0.05) is 23.2 Å². The maximum atomic E-state index is 13.5. The molecule has 0 saturated carbocycles. The highest BCUT2D eigenvalue weighted by molar-refractivity contribution is 8.13. The van der Waals surface area contributed by atoms with Gasteiger partial charge >= 0.3 is 0 Å². The monoisotopic (exact) mass is 296 g/mol. The summed E-state index contributed by atoms with van der Waals surface area (Å²) in [5.74, 6) is -2.73. The predicted molar refractivity (Wildman–Crippen MR) is 64.3 cm³/mol. The van der Waals surface area contributed by atoms with Crippen LogP contribution in [0.4, 0.5) is 8.78 Å². The summed E-state index contributed by atoms with van der Waals surface area (Å²) in [6.07, 6.45) is 0.415. The van der Waals surface area contributed by atoms with Crippen molar-refractivity contribution in [2.45, 2.75) is 18.2 Å². The fraction of sp³-hybridized carbons (Fsp3) is 0.273. The number of hydrogen-bond acceptors (Lipinski definition) is 3. The fourth-order valence-corrected chi connectivity index (χ4v) is 2.16. The predicted octanol–water partition coefficient (Wildman–Crippen LogP) is 3.24. The Balaban J connectivity index is 3.13. The maximum Gasteiger partial charge on any atom is 0.265 e. The summed E-state index contributed by atoms with van der Waals surface area (Å²) in [6.45, 7) is 5.38. The summed E-state index contributed by atoms with van der Waals surface area (Å²) in [5.41, 5.74) is 0.785. The lowest BCUT2D eigenvalue weighted by Gasteiger charge is -2.10. The highest BCUT2D eigenvalue weighted by Gasteiger charge is 2.22. The van der Waals surface area contributed by atoms with Gasteiger partial charge in [0.2, 0.25) is 0 Å². The van der Waals surface area contributed by atoms with E-state index in [9.17, 15) is 17.2 Å². The molecule has 1 aromatic rings. The molecule has 100 valence electrons. The molecule has 0 bridgehead atoms. The van der Waals surface area contributed by atoms with Crippen molar-refractivity contribution >= 4 is 19.7 Å². The van der Waals surface area contributed by atoms with Gasteiger partial charge in [-0.25, -0.2) is 17.2 Å². The zero-order chi connectivity index (χ0) is 13.9. The van der Waals surface area contributed by atoms with Crippen LogP contribution in [0.3, 0.4) is 0 Å². The molecule has 0 radical (unpaired) electrons. The van der Waals surface area contributed by atoms with Gasteiger partial charge in [0.05, 0.1) is 6.61 Å². The lowest BCUT2D eigenvalue weighted by atomic mass is 10.2. The molecular formula is C11H11ClF2O3S. The van der Waals surface area contributed by atoms with E-state index in [0.29, 0.717) is 18.6 Å². The molecule has 1 aromatic carbocycles. The first-order valence-electron chi connectivity index (χ1n) is 4.92. The van der Waals surface area contributed by atoms with E-state index < -0.39 is 31.3 Å². The first-order valence-corrected chi connectivity index (χ1v) is 7.23. The minimum atomic E-state index is -4.28. The quantitative estimate of drug-likeness (QED) is 0.619. The van der Waals surface area contributed by atoms with Crippen molar-refractivity contribution in [3.8, 4) is 5.75 Å². The highest BCUT2D eigenvalue weighted by Crippen LogP contribution is 2.31. The third-order valence-corrected chi connectivity index (χ3v) is 3.34. The standard InChI is InChI=1S/C11H11ClF2O3S/c1-7(2)3-4-17-11-9(14)5-8(13)6-10(11)18(12,15)16/h5-6H,1,3-4H2,2H3. The van der Waals surface area contributed by atoms with Crippen LogP contribution in [-0.2, 0) is 9.05 Å². The van der Waals surface area contributed by atoms with E-state index in [0.717, 1.165) is 5.57 Å². The van der Waals surface area contributed by atoms with Crippen LogP contribution in [0.2, 0.25) is 0 Å². The van der Waals surface area contributed by atoms with Crippen LogP contribution in [0.5, 0.6) is 5.75 Å². The lowest BCUT2D eigenvalue weighted by molar-refractivity contribution is 0.295. The SMILES string of the molecule is C=C(C)CCOc1c(F)cc(F)cc1S(=O)(=O)Cl. The van der Waals surface area contributed by atoms with E-state index in [1.807, 2.05) is 0 Å². The van der Waals surface area contributed by atoms with Crippen LogP contribution in [0.1, 0.15) is 13.3 Å². The Morgan fingerprint density at radius 1 is 1.44 bits per heavy atom. The van der Waals surface area contributed by atoms with Gasteiger partial charge in [-0.3, -0.25) is 0 Å². The molecule has 0 fully saturated rings. The van der Waals surface area contributed by atoms with Crippen molar-refractivity contribution in [1.82, 2.24) is 0 Å². The first kappa shape index (κ1) is 14.9. The van der Waals surface area contributed by atoms with E-state index >= 15 is 0 Å². The molecule has 0 unspecified atom stereocenters. The summed E-state index contributed by atoms with van der Waals surface area (Å²) in [6, 6.07) is 1.14. The number of ether oxygens (including phenoxy) is 1. The lowest BCUT2D eigenvalue weighted by Crippen LogP contribution is -2.05. The molecule has 0 atom stereocenters. The molecule has 0 aromatic heterocycles. The fourth-order valence-electron chi connectivity index (χ4n) is 1.19. The van der Waals surface area contributed by atoms with E-state index in [1.54, 1.807) is 6.92 Å². The Labute approximate surface area is 108 Å². The van der Waals surface area contributed by atoms with E-state index in [4.69, 9.17) is 15.4 Å². The van der Waals surface area contributed by atoms with Crippen LogP contribution in [0, 0.1) is 11.6 Å². The molecule has 0 saturated heterocycles. The van der Waals surface area contributed by atoms with Crippen LogP contribution in [-0.4, -0.2) is 15.0 Å². The van der Waals surface area contributed by atoms with Gasteiger partial charge < -0.3 is 4.74 Å². The molecule has 0 spiro atoms. The summed E-state index contributed by atoms with van der Waals surface area (Å²) in [5, 5.41) is 0. The van der Waals surface area contributed by atoms with Crippen LogP contribution in [0.25, 0.3) is 0 Å². The molecule has 7 heteroatoms. The summed E-state index contributed by atoms with van der Waals surface area (Å²) < 4.78 is 53.8. The van der Waals surface area contributed by atoms with Crippen molar-refractivity contribution < 1.29 is 21.9 Å². The summed E-state index contributed by atoms with van der Waals surface area (Å²) >= 11 is 0. The van der Waals surface area contributed by atoms with E-state index in [1.165, 1.54) is 0 Å². The van der Waals surface area contributed by atoms with Crippen molar-refractivity contribution in [3.63, 3.8) is 0 Å². The van der Waals surface area contributed by atoms with Crippen LogP contribution in [0.15, 0.2) is 29.2 Å². The largest absolute Gasteiger partial charge is 0.489 e. The van der Waals surface area contributed by atoms with Gasteiger partial charge in [-0.15, -0.1) is 6.58 Å². The van der Waals surface area contributed by atoms with Crippen molar-refractivity contribution in [2.75, 3.05) is 6.61 Å². The smallest absolute Gasteiger partial charge is 0.265 e. The number of halogens is 3. The van der Waals surface area contributed by atoms with Gasteiger partial charge in [-0.2, -0.15) is 0 Å². The normalized spacial score (nSPS) is 11.3. The minimum absolute atomic E-state index is 0.0251. The second kappa shape index (κ2) is 5.67. The number of benzene rings is 1. The molecule has 18 heavy (non-hydrogen) atoms. The molecule has 0 aliphatic rings. The molecular weight excluding hydrogens is 286 g/mol. The molecule has 0 amide bonds. The molecule has 0 N–H and O–H groups in total. The van der Waals surface area contributed by atoms with E-state index in [-0.39, 0.29) is 6.61 Å². The topological polar surface area (TPSA) is 43.4 Å². The van der Waals surface area contributed by atoms with Crippen molar-refractivity contribution in [3.05, 3.63) is 35.9 Å². The highest BCUT2D eigenvalue weighted by atomic mass is 35.7. The molecule has 0 heterocycles. The Morgan fingerprint density at radius 3 is 2.56 bits per heavy atom.